The number of hydrogen-bond acceptors (Lipinski definition) is 4. The lowest BCUT2D eigenvalue weighted by molar-refractivity contribution is 0.496. The fraction of sp³-hybridized carbons (Fsp3) is 0.111. The molecule has 1 aromatic heterocycles. The molecule has 0 saturated heterocycles. The quantitative estimate of drug-likeness (QED) is 0.437. The molecule has 0 unspecified atom stereocenters. The highest BCUT2D eigenvalue weighted by molar-refractivity contribution is 14.1. The summed E-state index contributed by atoms with van der Waals surface area (Å²) in [7, 11) is -4.15. The van der Waals surface area contributed by atoms with Crippen LogP contribution in [0.1, 0.15) is 11.5 Å². The van der Waals surface area contributed by atoms with E-state index in [9.17, 15) is 21.6 Å². The van der Waals surface area contributed by atoms with Crippen LogP contribution < -0.4 is 10.0 Å². The summed E-state index contributed by atoms with van der Waals surface area (Å²) >= 11 is 1.90. The van der Waals surface area contributed by atoms with Crippen molar-refractivity contribution >= 4 is 49.7 Å². The maximum atomic E-state index is 14.4. The van der Waals surface area contributed by atoms with Crippen molar-refractivity contribution in [1.82, 2.24) is 0 Å². The zero-order valence-corrected chi connectivity index (χ0v) is 17.6. The Morgan fingerprint density at radius 1 is 0.964 bits per heavy atom. The monoisotopic (exact) mass is 522 g/mol. The van der Waals surface area contributed by atoms with E-state index in [4.69, 9.17) is 4.42 Å². The van der Waals surface area contributed by atoms with Gasteiger partial charge in [0.1, 0.15) is 27.9 Å². The Kier molecular flexibility index (Phi) is 5.62. The molecular weight excluding hydrogens is 508 g/mol. The maximum Gasteiger partial charge on any atom is 0.265 e. The van der Waals surface area contributed by atoms with E-state index in [0.717, 1.165) is 12.1 Å². The second-order valence-electron chi connectivity index (χ2n) is 5.92. The summed E-state index contributed by atoms with van der Waals surface area (Å²) in [5.41, 5.74) is -0.961. The molecule has 0 fully saturated rings. The van der Waals surface area contributed by atoms with Gasteiger partial charge in [0.2, 0.25) is 0 Å². The SMILES string of the molecule is Cc1cc(S(=O)(=O)Nc2ccc(F)c(F)c2Nc2ccc(I)cc2F)c(C)o1. The first-order chi connectivity index (χ1) is 13.1. The van der Waals surface area contributed by atoms with E-state index in [1.165, 1.54) is 25.1 Å². The largest absolute Gasteiger partial charge is 0.465 e. The lowest BCUT2D eigenvalue weighted by Gasteiger charge is -2.16. The molecule has 3 rings (SSSR count). The topological polar surface area (TPSA) is 71.3 Å². The number of sulfonamides is 1. The third-order valence-electron chi connectivity index (χ3n) is 3.81. The van der Waals surface area contributed by atoms with Crippen LogP contribution in [0.15, 0.2) is 45.7 Å². The minimum absolute atomic E-state index is 0.138. The Bertz CT molecular complexity index is 1160. The molecular formula is C18H14F3IN2O3S. The molecule has 0 aliphatic carbocycles. The summed E-state index contributed by atoms with van der Waals surface area (Å²) in [6.07, 6.45) is 0. The number of benzene rings is 2. The van der Waals surface area contributed by atoms with Crippen molar-refractivity contribution in [3.05, 3.63) is 68.9 Å². The molecule has 0 amide bonds. The molecule has 3 aromatic rings. The Hall–Kier alpha value is -2.21. The normalized spacial score (nSPS) is 11.5. The summed E-state index contributed by atoms with van der Waals surface area (Å²) in [6, 6.07) is 7.22. The highest BCUT2D eigenvalue weighted by Gasteiger charge is 2.24. The Morgan fingerprint density at radius 2 is 1.64 bits per heavy atom. The summed E-state index contributed by atoms with van der Waals surface area (Å²) in [5, 5.41) is 2.43. The van der Waals surface area contributed by atoms with Gasteiger partial charge in [0.15, 0.2) is 11.6 Å². The molecule has 0 radical (unpaired) electrons. The van der Waals surface area contributed by atoms with E-state index in [0.29, 0.717) is 9.33 Å². The predicted octanol–water partition coefficient (Wildman–Crippen LogP) is 5.46. The second kappa shape index (κ2) is 7.66. The molecule has 28 heavy (non-hydrogen) atoms. The molecule has 148 valence electrons. The van der Waals surface area contributed by atoms with Crippen molar-refractivity contribution in [2.45, 2.75) is 18.7 Å². The van der Waals surface area contributed by atoms with E-state index < -0.39 is 33.2 Å². The predicted molar refractivity (Wildman–Crippen MR) is 108 cm³/mol. The Balaban J connectivity index is 2.04. The van der Waals surface area contributed by atoms with E-state index in [1.54, 1.807) is 13.0 Å². The summed E-state index contributed by atoms with van der Waals surface area (Å²) < 4.78 is 75.6. The van der Waals surface area contributed by atoms with E-state index in [-0.39, 0.29) is 22.0 Å². The molecule has 2 aromatic carbocycles. The molecule has 2 N–H and O–H groups in total. The van der Waals surface area contributed by atoms with Crippen LogP contribution in [-0.4, -0.2) is 8.42 Å². The van der Waals surface area contributed by atoms with Crippen LogP contribution in [0.2, 0.25) is 0 Å². The fourth-order valence-corrected chi connectivity index (χ4v) is 4.32. The van der Waals surface area contributed by atoms with Gasteiger partial charge in [-0.1, -0.05) is 0 Å². The van der Waals surface area contributed by atoms with E-state index in [1.807, 2.05) is 22.6 Å². The first-order valence-electron chi connectivity index (χ1n) is 7.88. The average molecular weight is 522 g/mol. The van der Waals surface area contributed by atoms with Gasteiger partial charge in [0.05, 0.1) is 11.4 Å². The van der Waals surface area contributed by atoms with Crippen LogP contribution in [0.25, 0.3) is 0 Å². The first kappa shape index (κ1) is 20.5. The average Bonchev–Trinajstić information content (AvgIpc) is 2.95. The standard InChI is InChI=1S/C18H14F3IN2O3S/c1-9-7-16(10(2)27-9)28(25,26)24-15-6-4-12(19)17(21)18(15)23-14-5-3-11(22)8-13(14)20/h3-8,23-24H,1-2H3. The van der Waals surface area contributed by atoms with Gasteiger partial charge >= 0.3 is 0 Å². The van der Waals surface area contributed by atoms with Crippen LogP contribution in [0, 0.1) is 34.9 Å². The van der Waals surface area contributed by atoms with Crippen molar-refractivity contribution < 1.29 is 26.0 Å². The number of rotatable bonds is 5. The molecule has 0 bridgehead atoms. The van der Waals surface area contributed by atoms with Crippen molar-refractivity contribution in [3.8, 4) is 0 Å². The molecule has 0 spiro atoms. The van der Waals surface area contributed by atoms with Gasteiger partial charge in [-0.2, -0.15) is 0 Å². The van der Waals surface area contributed by atoms with Gasteiger partial charge in [0.25, 0.3) is 10.0 Å². The van der Waals surface area contributed by atoms with Crippen LogP contribution in [-0.2, 0) is 10.0 Å². The number of nitrogens with one attached hydrogen (secondary N) is 2. The first-order valence-corrected chi connectivity index (χ1v) is 10.4. The zero-order chi connectivity index (χ0) is 20.6. The maximum absolute atomic E-state index is 14.4. The Labute approximate surface area is 173 Å². The van der Waals surface area contributed by atoms with Crippen LogP contribution >= 0.6 is 22.6 Å². The molecule has 1 heterocycles. The zero-order valence-electron chi connectivity index (χ0n) is 14.6. The number of halogens is 4. The molecule has 0 aliphatic heterocycles. The smallest absolute Gasteiger partial charge is 0.265 e. The lowest BCUT2D eigenvalue weighted by Crippen LogP contribution is -2.15. The molecule has 0 aliphatic rings. The van der Waals surface area contributed by atoms with Crippen molar-refractivity contribution in [3.63, 3.8) is 0 Å². The van der Waals surface area contributed by atoms with Crippen LogP contribution in [0.4, 0.5) is 30.2 Å². The third-order valence-corrected chi connectivity index (χ3v) is 5.96. The summed E-state index contributed by atoms with van der Waals surface area (Å²) in [6.45, 7) is 3.04. The van der Waals surface area contributed by atoms with Gasteiger partial charge in [-0.3, -0.25) is 4.72 Å². The molecule has 0 saturated carbocycles. The summed E-state index contributed by atoms with van der Waals surface area (Å²) in [5.74, 6) is -2.75. The van der Waals surface area contributed by atoms with Crippen molar-refractivity contribution in [2.75, 3.05) is 10.0 Å². The Morgan fingerprint density at radius 3 is 2.25 bits per heavy atom. The number of aryl methyl sites for hydroxylation is 2. The minimum Gasteiger partial charge on any atom is -0.465 e. The van der Waals surface area contributed by atoms with Gasteiger partial charge in [-0.15, -0.1) is 0 Å². The van der Waals surface area contributed by atoms with Gasteiger partial charge in [-0.05, 0) is 66.8 Å². The highest BCUT2D eigenvalue weighted by Crippen LogP contribution is 2.33. The minimum atomic E-state index is -4.15. The molecule has 0 atom stereocenters. The van der Waals surface area contributed by atoms with Crippen LogP contribution in [0.3, 0.4) is 0 Å². The van der Waals surface area contributed by atoms with Crippen molar-refractivity contribution in [1.29, 1.82) is 0 Å². The van der Waals surface area contributed by atoms with E-state index >= 15 is 0 Å². The molecule has 5 nitrogen and oxygen atoms in total. The highest BCUT2D eigenvalue weighted by atomic mass is 127. The number of hydrogen-bond donors (Lipinski definition) is 2. The molecule has 10 heteroatoms. The van der Waals surface area contributed by atoms with E-state index in [2.05, 4.69) is 10.0 Å². The van der Waals surface area contributed by atoms with Crippen LogP contribution in [0.5, 0.6) is 0 Å². The van der Waals surface area contributed by atoms with Gasteiger partial charge in [0, 0.05) is 9.64 Å². The summed E-state index contributed by atoms with van der Waals surface area (Å²) in [4.78, 5) is -0.138. The van der Waals surface area contributed by atoms with Gasteiger partial charge in [-0.25, -0.2) is 21.6 Å². The third kappa shape index (κ3) is 4.12. The number of furan rings is 1. The van der Waals surface area contributed by atoms with Gasteiger partial charge < -0.3 is 9.73 Å². The second-order valence-corrected chi connectivity index (χ2v) is 8.81. The van der Waals surface area contributed by atoms with Crippen molar-refractivity contribution in [2.24, 2.45) is 0 Å². The fourth-order valence-electron chi connectivity index (χ4n) is 2.56. The number of anilines is 3. The lowest BCUT2D eigenvalue weighted by atomic mass is 10.2.